The maximum absolute atomic E-state index is 15.8. The van der Waals surface area contributed by atoms with Crippen LogP contribution in [0.2, 0.25) is 0 Å². The molecular weight excluding hydrogens is 620 g/mol. The Morgan fingerprint density at radius 1 is 1.00 bits per heavy atom. The van der Waals surface area contributed by atoms with E-state index in [0.717, 1.165) is 42.8 Å². The molecule has 1 aromatic heterocycles. The van der Waals surface area contributed by atoms with Crippen LogP contribution in [0.1, 0.15) is 65.5 Å². The van der Waals surface area contributed by atoms with Gasteiger partial charge in [-0.25, -0.2) is 9.18 Å². The van der Waals surface area contributed by atoms with Gasteiger partial charge in [-0.3, -0.25) is 9.78 Å². The Morgan fingerprint density at radius 3 is 2.28 bits per heavy atom. The highest BCUT2D eigenvalue weighted by atomic mass is 19.4. The zero-order valence-electron chi connectivity index (χ0n) is 26.6. The summed E-state index contributed by atoms with van der Waals surface area (Å²) in [5.41, 5.74) is -0.526. The number of carboxylic acids is 1. The van der Waals surface area contributed by atoms with Crippen molar-refractivity contribution in [1.29, 1.82) is 0 Å². The van der Waals surface area contributed by atoms with Crippen molar-refractivity contribution in [3.8, 4) is 11.5 Å². The van der Waals surface area contributed by atoms with Crippen LogP contribution < -0.4 is 9.64 Å². The molecule has 0 spiro atoms. The predicted octanol–water partition coefficient (Wildman–Crippen LogP) is 8.03. The number of rotatable bonds is 12. The van der Waals surface area contributed by atoms with Crippen LogP contribution in [-0.2, 0) is 20.4 Å². The number of amides is 1. The minimum atomic E-state index is -4.89. The molecule has 47 heavy (non-hydrogen) atoms. The van der Waals surface area contributed by atoms with Gasteiger partial charge in [-0.05, 0) is 74.4 Å². The minimum absolute atomic E-state index is 0.0443. The number of halogens is 4. The Hall–Kier alpha value is -4.29. The van der Waals surface area contributed by atoms with Gasteiger partial charge in [-0.1, -0.05) is 25.1 Å². The molecule has 0 bridgehead atoms. The fourth-order valence-corrected chi connectivity index (χ4v) is 5.69. The van der Waals surface area contributed by atoms with Crippen molar-refractivity contribution >= 4 is 29.7 Å². The lowest BCUT2D eigenvalue weighted by molar-refractivity contribution is -0.138. The van der Waals surface area contributed by atoms with Crippen molar-refractivity contribution in [2.75, 3.05) is 32.3 Å². The van der Waals surface area contributed by atoms with Gasteiger partial charge in [0.1, 0.15) is 5.75 Å². The first-order valence-corrected chi connectivity index (χ1v) is 15.2. The first-order chi connectivity index (χ1) is 22.3. The summed E-state index contributed by atoms with van der Waals surface area (Å²) in [6.45, 7) is 3.79. The van der Waals surface area contributed by atoms with E-state index in [1.807, 2.05) is 0 Å². The maximum atomic E-state index is 15.8. The van der Waals surface area contributed by atoms with Crippen LogP contribution in [0.25, 0.3) is 12.2 Å². The van der Waals surface area contributed by atoms with Gasteiger partial charge in [0, 0.05) is 38.0 Å². The molecule has 3 aromatic rings. The van der Waals surface area contributed by atoms with Gasteiger partial charge in [0.2, 0.25) is 5.91 Å². The number of aromatic carboxylic acids is 1. The van der Waals surface area contributed by atoms with E-state index in [2.05, 4.69) is 11.9 Å². The van der Waals surface area contributed by atoms with E-state index in [-0.39, 0.29) is 24.5 Å². The lowest BCUT2D eigenvalue weighted by Gasteiger charge is -2.36. The maximum Gasteiger partial charge on any atom is 0.420 e. The number of aromatic nitrogens is 1. The molecule has 1 aliphatic rings. The van der Waals surface area contributed by atoms with E-state index < -0.39 is 58.5 Å². The summed E-state index contributed by atoms with van der Waals surface area (Å²) in [5.74, 6) is -4.58. The number of anilines is 1. The first-order valence-electron chi connectivity index (χ1n) is 15.2. The monoisotopic (exact) mass is 658 g/mol. The van der Waals surface area contributed by atoms with E-state index in [4.69, 9.17) is 14.2 Å². The number of pyridine rings is 1. The van der Waals surface area contributed by atoms with E-state index in [1.54, 1.807) is 31.2 Å². The molecular formula is C35H38F4N2O6. The Morgan fingerprint density at radius 2 is 1.68 bits per heavy atom. The topological polar surface area (TPSA) is 98.2 Å². The molecule has 0 aliphatic heterocycles. The predicted molar refractivity (Wildman–Crippen MR) is 169 cm³/mol. The number of benzene rings is 2. The minimum Gasteiger partial charge on any atom is -0.478 e. The third kappa shape index (κ3) is 8.95. The van der Waals surface area contributed by atoms with Crippen molar-refractivity contribution in [2.24, 2.45) is 11.8 Å². The Bertz CT molecular complexity index is 1600. The molecule has 0 unspecified atom stereocenters. The van der Waals surface area contributed by atoms with Crippen LogP contribution in [-0.4, -0.2) is 55.4 Å². The van der Waals surface area contributed by atoms with Gasteiger partial charge in [-0.15, -0.1) is 0 Å². The van der Waals surface area contributed by atoms with Gasteiger partial charge in [0.15, 0.2) is 11.6 Å². The molecule has 8 nitrogen and oxygen atoms in total. The number of alkyl halides is 3. The first kappa shape index (κ1) is 35.6. The SMILES string of the molecule is COCC(COC)N(C(=O)C1CCC(C)CC1)c1cc(F)c(Oc2ccc(/C=C/c3cccc(C)n3)cc2C(F)(F)F)cc1C(=O)O. The van der Waals surface area contributed by atoms with E-state index >= 15 is 4.39 Å². The van der Waals surface area contributed by atoms with Crippen LogP contribution >= 0.6 is 0 Å². The van der Waals surface area contributed by atoms with Crippen molar-refractivity contribution in [3.05, 3.63) is 82.4 Å². The average molecular weight is 659 g/mol. The Labute approximate surface area is 271 Å². The van der Waals surface area contributed by atoms with Crippen LogP contribution in [0, 0.1) is 24.6 Å². The van der Waals surface area contributed by atoms with E-state index in [0.29, 0.717) is 24.5 Å². The lowest BCUT2D eigenvalue weighted by atomic mass is 9.82. The summed E-state index contributed by atoms with van der Waals surface area (Å²) in [7, 11) is 2.81. The summed E-state index contributed by atoms with van der Waals surface area (Å²) in [6.07, 6.45) is 0.867. The molecule has 252 valence electrons. The number of methoxy groups -OCH3 is 2. The number of carbonyl (C=O) groups excluding carboxylic acids is 1. The number of hydrogen-bond acceptors (Lipinski definition) is 6. The molecule has 0 saturated heterocycles. The second-order valence-corrected chi connectivity index (χ2v) is 11.7. The second kappa shape index (κ2) is 15.5. The summed E-state index contributed by atoms with van der Waals surface area (Å²) in [4.78, 5) is 32.0. The molecule has 1 amide bonds. The zero-order valence-corrected chi connectivity index (χ0v) is 26.6. The summed E-state index contributed by atoms with van der Waals surface area (Å²) >= 11 is 0. The van der Waals surface area contributed by atoms with Gasteiger partial charge in [0.05, 0.1) is 41.8 Å². The van der Waals surface area contributed by atoms with Gasteiger partial charge in [0.25, 0.3) is 0 Å². The molecule has 1 fully saturated rings. The van der Waals surface area contributed by atoms with Crippen molar-refractivity contribution in [2.45, 2.75) is 51.7 Å². The fraction of sp³-hybridized carbons (Fsp3) is 0.400. The third-order valence-corrected chi connectivity index (χ3v) is 8.11. The smallest absolute Gasteiger partial charge is 0.420 e. The third-order valence-electron chi connectivity index (χ3n) is 8.11. The molecule has 0 radical (unpaired) electrons. The highest BCUT2D eigenvalue weighted by Crippen LogP contribution is 2.41. The van der Waals surface area contributed by atoms with Gasteiger partial charge < -0.3 is 24.2 Å². The molecule has 12 heteroatoms. The molecule has 4 rings (SSSR count). The molecule has 1 aliphatic carbocycles. The number of hydrogen-bond donors (Lipinski definition) is 1. The number of aryl methyl sites for hydroxylation is 1. The van der Waals surface area contributed by atoms with Gasteiger partial charge >= 0.3 is 12.1 Å². The largest absolute Gasteiger partial charge is 0.478 e. The van der Waals surface area contributed by atoms with E-state index in [1.165, 1.54) is 31.3 Å². The summed E-state index contributed by atoms with van der Waals surface area (Å²) in [6, 6.07) is 9.29. The molecule has 1 N–H and O–H groups in total. The summed E-state index contributed by atoms with van der Waals surface area (Å²) < 4.78 is 74.3. The Kier molecular flexibility index (Phi) is 11.8. The van der Waals surface area contributed by atoms with Crippen LogP contribution in [0.15, 0.2) is 48.5 Å². The fourth-order valence-electron chi connectivity index (χ4n) is 5.69. The molecule has 1 saturated carbocycles. The average Bonchev–Trinajstić information content (AvgIpc) is 3.01. The number of ether oxygens (including phenoxy) is 3. The highest BCUT2D eigenvalue weighted by Gasteiger charge is 2.37. The van der Waals surface area contributed by atoms with Crippen LogP contribution in [0.3, 0.4) is 0 Å². The zero-order chi connectivity index (χ0) is 34.3. The normalized spacial score (nSPS) is 16.9. The quantitative estimate of drug-likeness (QED) is 0.197. The molecule has 2 aromatic carbocycles. The van der Waals surface area contributed by atoms with Crippen molar-refractivity contribution in [3.63, 3.8) is 0 Å². The highest BCUT2D eigenvalue weighted by molar-refractivity contribution is 6.03. The standard InChI is InChI=1S/C35H38F4N2O6/c1-21-8-12-24(13-9-21)33(42)41(26(19-45-3)20-46-4)30-18-29(36)32(17-27(30)34(43)44)47-31-15-11-23(16-28(31)35(37,38)39)10-14-25-7-5-6-22(2)40-25/h5-7,10-11,14-18,21,24,26H,8-9,12-13,19-20H2,1-4H3,(H,43,44)/b14-10+. The number of carbonyl (C=O) groups is 2. The van der Waals surface area contributed by atoms with Crippen molar-refractivity contribution < 1.29 is 46.5 Å². The van der Waals surface area contributed by atoms with E-state index in [9.17, 15) is 27.9 Å². The van der Waals surface area contributed by atoms with Crippen LogP contribution in [0.4, 0.5) is 23.2 Å². The number of nitrogens with zero attached hydrogens (tertiary/aromatic N) is 2. The molecule has 1 heterocycles. The van der Waals surface area contributed by atoms with Crippen LogP contribution in [0.5, 0.6) is 11.5 Å². The van der Waals surface area contributed by atoms with Gasteiger partial charge in [-0.2, -0.15) is 13.2 Å². The molecule has 0 atom stereocenters. The Balaban J connectivity index is 1.74. The second-order valence-electron chi connectivity index (χ2n) is 11.7. The van der Waals surface area contributed by atoms with Crippen molar-refractivity contribution in [1.82, 2.24) is 4.98 Å². The summed E-state index contributed by atoms with van der Waals surface area (Å²) in [5, 5.41) is 10.2. The number of carboxylic acid groups (broad SMARTS) is 1. The lowest BCUT2D eigenvalue weighted by Crippen LogP contribution is -2.49.